The fourth-order valence-corrected chi connectivity index (χ4v) is 4.34. The van der Waals surface area contributed by atoms with Crippen molar-refractivity contribution in [2.75, 3.05) is 0 Å². The zero-order valence-electron chi connectivity index (χ0n) is 12.6. The van der Waals surface area contributed by atoms with Crippen molar-refractivity contribution in [3.63, 3.8) is 0 Å². The van der Waals surface area contributed by atoms with Gasteiger partial charge in [0.1, 0.15) is 6.04 Å². The molecule has 2 N–H and O–H groups in total. The van der Waals surface area contributed by atoms with Crippen LogP contribution in [0.1, 0.15) is 46.0 Å². The van der Waals surface area contributed by atoms with Crippen LogP contribution in [0.5, 0.6) is 0 Å². The lowest BCUT2D eigenvalue weighted by molar-refractivity contribution is -0.181. The third-order valence-electron chi connectivity index (χ3n) is 3.89. The minimum Gasteiger partial charge on any atom is -0.480 e. The number of hydrogen-bond donors (Lipinski definition) is 2. The van der Waals surface area contributed by atoms with Gasteiger partial charge in [0, 0.05) is 0 Å². The van der Waals surface area contributed by atoms with Crippen LogP contribution in [0.3, 0.4) is 0 Å². The smallest absolute Gasteiger partial charge is 0.391 e. The molecule has 1 fully saturated rings. The Morgan fingerprint density at radius 1 is 1.23 bits per heavy atom. The van der Waals surface area contributed by atoms with Gasteiger partial charge in [-0.05, 0) is 38.0 Å². The summed E-state index contributed by atoms with van der Waals surface area (Å²) in [7, 11) is -3.94. The van der Waals surface area contributed by atoms with Crippen LogP contribution in [0.2, 0.25) is 0 Å². The molecule has 1 aliphatic rings. The van der Waals surface area contributed by atoms with Crippen LogP contribution in [0.15, 0.2) is 0 Å². The Bertz CT molecular complexity index is 482. The molecule has 0 unspecified atom stereocenters. The molecule has 5 nitrogen and oxygen atoms in total. The topological polar surface area (TPSA) is 83.5 Å². The van der Waals surface area contributed by atoms with Gasteiger partial charge in [0.25, 0.3) is 0 Å². The minimum atomic E-state index is -4.30. The number of hydrogen-bond acceptors (Lipinski definition) is 3. The highest BCUT2D eigenvalue weighted by Crippen LogP contribution is 2.39. The van der Waals surface area contributed by atoms with E-state index in [9.17, 15) is 26.4 Å². The van der Waals surface area contributed by atoms with Gasteiger partial charge in [-0.2, -0.15) is 13.2 Å². The van der Waals surface area contributed by atoms with E-state index in [0.717, 1.165) is 0 Å². The number of carboxylic acids is 1. The first-order valence-electron chi connectivity index (χ1n) is 7.24. The Balaban J connectivity index is 2.69. The number of rotatable bonds is 6. The number of carboxylic acid groups (broad SMARTS) is 1. The number of sulfonamides is 1. The molecule has 0 aromatic heterocycles. The molecule has 0 aromatic rings. The zero-order chi connectivity index (χ0) is 17.1. The SMILES string of the molecule is CC(C)C[C@@H](NS(=O)(=O)C1CCC(C(F)(F)F)CC1)C(=O)O. The number of nitrogens with one attached hydrogen (secondary N) is 1. The number of carbonyl (C=O) groups is 1. The van der Waals surface area contributed by atoms with Crippen molar-refractivity contribution in [2.24, 2.45) is 11.8 Å². The van der Waals surface area contributed by atoms with Crippen molar-refractivity contribution in [2.45, 2.75) is 63.4 Å². The third kappa shape index (κ3) is 5.42. The Labute approximate surface area is 128 Å². The van der Waals surface area contributed by atoms with E-state index in [1.165, 1.54) is 0 Å². The van der Waals surface area contributed by atoms with Gasteiger partial charge in [0.2, 0.25) is 10.0 Å². The lowest BCUT2D eigenvalue weighted by Gasteiger charge is -2.30. The van der Waals surface area contributed by atoms with Gasteiger partial charge >= 0.3 is 12.1 Å². The average Bonchev–Trinajstić information content (AvgIpc) is 2.36. The summed E-state index contributed by atoms with van der Waals surface area (Å²) in [5.74, 6) is -2.77. The zero-order valence-corrected chi connectivity index (χ0v) is 13.4. The fourth-order valence-electron chi connectivity index (χ4n) is 2.67. The van der Waals surface area contributed by atoms with E-state index in [1.54, 1.807) is 13.8 Å². The predicted octanol–water partition coefficient (Wildman–Crippen LogP) is 2.53. The van der Waals surface area contributed by atoms with Crippen molar-refractivity contribution in [3.8, 4) is 0 Å². The molecule has 1 atom stereocenters. The molecular formula is C13H22F3NO4S. The summed E-state index contributed by atoms with van der Waals surface area (Å²) >= 11 is 0. The molecule has 0 spiro atoms. The molecule has 0 radical (unpaired) electrons. The van der Waals surface area contributed by atoms with E-state index in [1.807, 2.05) is 0 Å². The molecule has 22 heavy (non-hydrogen) atoms. The summed E-state index contributed by atoms with van der Waals surface area (Å²) in [6.45, 7) is 3.53. The molecule has 0 amide bonds. The van der Waals surface area contributed by atoms with E-state index in [2.05, 4.69) is 4.72 Å². The monoisotopic (exact) mass is 345 g/mol. The van der Waals surface area contributed by atoms with Crippen LogP contribution in [0.4, 0.5) is 13.2 Å². The maximum atomic E-state index is 12.6. The second-order valence-electron chi connectivity index (χ2n) is 6.20. The van der Waals surface area contributed by atoms with E-state index in [4.69, 9.17) is 5.11 Å². The van der Waals surface area contributed by atoms with Crippen LogP contribution in [0.25, 0.3) is 0 Å². The van der Waals surface area contributed by atoms with Gasteiger partial charge in [0.15, 0.2) is 0 Å². The average molecular weight is 345 g/mol. The van der Waals surface area contributed by atoms with Crippen LogP contribution in [-0.2, 0) is 14.8 Å². The molecule has 0 heterocycles. The predicted molar refractivity (Wildman–Crippen MR) is 74.7 cm³/mol. The number of aliphatic carboxylic acids is 1. The normalized spacial score (nSPS) is 25.2. The molecular weight excluding hydrogens is 323 g/mol. The highest BCUT2D eigenvalue weighted by molar-refractivity contribution is 7.90. The number of alkyl halides is 3. The standard InChI is InChI=1S/C13H22F3NO4S/c1-8(2)7-11(12(18)19)17-22(20,21)10-5-3-9(4-6-10)13(14,15)16/h8-11,17H,3-7H2,1-2H3,(H,18,19)/t9?,10?,11-/m1/s1. The second kappa shape index (κ2) is 7.16. The molecule has 0 saturated heterocycles. The Hall–Kier alpha value is -0.830. The highest BCUT2D eigenvalue weighted by Gasteiger charge is 2.44. The van der Waals surface area contributed by atoms with Gasteiger partial charge in [-0.25, -0.2) is 13.1 Å². The van der Waals surface area contributed by atoms with E-state index < -0.39 is 39.4 Å². The summed E-state index contributed by atoms with van der Waals surface area (Å²) in [6.07, 6.45) is -4.86. The lowest BCUT2D eigenvalue weighted by Crippen LogP contribution is -2.47. The quantitative estimate of drug-likeness (QED) is 0.775. The second-order valence-corrected chi connectivity index (χ2v) is 8.19. The summed E-state index contributed by atoms with van der Waals surface area (Å²) < 4.78 is 64.2. The molecule has 1 saturated carbocycles. The summed E-state index contributed by atoms with van der Waals surface area (Å²) in [5, 5.41) is 8.10. The first kappa shape index (κ1) is 19.2. The van der Waals surface area contributed by atoms with E-state index in [-0.39, 0.29) is 38.0 Å². The maximum Gasteiger partial charge on any atom is 0.391 e. The largest absolute Gasteiger partial charge is 0.480 e. The molecule has 130 valence electrons. The van der Waals surface area contributed by atoms with Crippen molar-refractivity contribution in [1.82, 2.24) is 4.72 Å². The Kier molecular flexibility index (Phi) is 6.26. The molecule has 0 aromatic carbocycles. The van der Waals surface area contributed by atoms with Crippen LogP contribution >= 0.6 is 0 Å². The first-order valence-corrected chi connectivity index (χ1v) is 8.78. The van der Waals surface area contributed by atoms with Crippen LogP contribution in [-0.4, -0.2) is 37.0 Å². The summed E-state index contributed by atoms with van der Waals surface area (Å²) in [4.78, 5) is 11.1. The maximum absolute atomic E-state index is 12.6. The van der Waals surface area contributed by atoms with E-state index >= 15 is 0 Å². The van der Waals surface area contributed by atoms with Gasteiger partial charge in [-0.1, -0.05) is 13.8 Å². The van der Waals surface area contributed by atoms with Gasteiger partial charge in [-0.15, -0.1) is 0 Å². The Morgan fingerprint density at radius 2 is 1.73 bits per heavy atom. The number of halogens is 3. The Morgan fingerprint density at radius 3 is 2.09 bits per heavy atom. The summed E-state index contributed by atoms with van der Waals surface area (Å²) in [6, 6.07) is -1.25. The van der Waals surface area contributed by atoms with Gasteiger partial charge in [-0.3, -0.25) is 4.79 Å². The van der Waals surface area contributed by atoms with Gasteiger partial charge in [0.05, 0.1) is 11.2 Å². The molecule has 9 heteroatoms. The first-order chi connectivity index (χ1) is 9.93. The molecule has 0 aliphatic heterocycles. The highest BCUT2D eigenvalue weighted by atomic mass is 32.2. The van der Waals surface area contributed by atoms with Crippen LogP contribution < -0.4 is 4.72 Å². The molecule has 0 bridgehead atoms. The summed E-state index contributed by atoms with van der Waals surface area (Å²) in [5.41, 5.74) is 0. The van der Waals surface area contributed by atoms with Crippen molar-refractivity contribution in [1.29, 1.82) is 0 Å². The van der Waals surface area contributed by atoms with Crippen molar-refractivity contribution >= 4 is 16.0 Å². The fraction of sp³-hybridized carbons (Fsp3) is 0.923. The van der Waals surface area contributed by atoms with Gasteiger partial charge < -0.3 is 5.11 Å². The van der Waals surface area contributed by atoms with Crippen molar-refractivity contribution < 1.29 is 31.5 Å². The minimum absolute atomic E-state index is 0.0234. The van der Waals surface area contributed by atoms with Crippen LogP contribution in [0, 0.1) is 11.8 Å². The van der Waals surface area contributed by atoms with Crippen molar-refractivity contribution in [3.05, 3.63) is 0 Å². The molecule has 1 aliphatic carbocycles. The third-order valence-corrected chi connectivity index (χ3v) is 5.85. The van der Waals surface area contributed by atoms with E-state index in [0.29, 0.717) is 0 Å². The lowest BCUT2D eigenvalue weighted by atomic mass is 9.88. The molecule has 1 rings (SSSR count).